The predicted octanol–water partition coefficient (Wildman–Crippen LogP) is 8.50. The average molecular weight is 527 g/mol. The molecule has 0 bridgehead atoms. The first-order valence-electron chi connectivity index (χ1n) is 13.9. The fourth-order valence-corrected chi connectivity index (χ4v) is 6.02. The molecule has 39 heavy (non-hydrogen) atoms. The zero-order chi connectivity index (χ0) is 28.5. The van der Waals surface area contributed by atoms with Crippen LogP contribution in [-0.2, 0) is 20.9 Å². The third-order valence-electron chi connectivity index (χ3n) is 9.68. The first kappa shape index (κ1) is 28.6. The van der Waals surface area contributed by atoms with Crippen LogP contribution in [0.2, 0.25) is 0 Å². The Morgan fingerprint density at radius 2 is 1.36 bits per heavy atom. The third-order valence-corrected chi connectivity index (χ3v) is 9.68. The van der Waals surface area contributed by atoms with Crippen LogP contribution in [0.3, 0.4) is 0 Å². The summed E-state index contributed by atoms with van der Waals surface area (Å²) >= 11 is 0. The van der Waals surface area contributed by atoms with E-state index in [9.17, 15) is 9.59 Å². The number of rotatable bonds is 10. The van der Waals surface area contributed by atoms with E-state index >= 15 is 0 Å². The van der Waals surface area contributed by atoms with Crippen molar-refractivity contribution in [2.45, 2.75) is 67.9 Å². The molecule has 4 nitrogen and oxygen atoms in total. The van der Waals surface area contributed by atoms with E-state index in [4.69, 9.17) is 9.47 Å². The molecule has 0 amide bonds. The van der Waals surface area contributed by atoms with Crippen molar-refractivity contribution in [2.75, 3.05) is 0 Å². The maximum Gasteiger partial charge on any atom is 0.317 e. The molecule has 3 aromatic rings. The molecule has 3 aromatic carbocycles. The topological polar surface area (TPSA) is 52.6 Å². The van der Waals surface area contributed by atoms with Gasteiger partial charge in [0.2, 0.25) is 0 Å². The van der Waals surface area contributed by atoms with E-state index in [-0.39, 0.29) is 35.3 Å². The second-order valence-electron chi connectivity index (χ2n) is 12.8. The Bertz CT molecular complexity index is 1300. The molecule has 0 N–H and O–H groups in total. The SMILES string of the molecule is CC(C)C(C)(CC(C)(C)C1(C)CC1(C)C(=O)OCc1ccccc1)C(=O)Oc1ccc(-c2ccccc2)cc1. The Morgan fingerprint density at radius 1 is 0.821 bits per heavy atom. The minimum Gasteiger partial charge on any atom is -0.460 e. The number of benzene rings is 3. The van der Waals surface area contributed by atoms with E-state index in [1.54, 1.807) is 0 Å². The number of esters is 2. The second-order valence-corrected chi connectivity index (χ2v) is 12.8. The summed E-state index contributed by atoms with van der Waals surface area (Å²) in [6.07, 6.45) is 1.32. The fraction of sp³-hybridized carbons (Fsp3) is 0.429. The summed E-state index contributed by atoms with van der Waals surface area (Å²) in [5.41, 5.74) is 1.21. The lowest BCUT2D eigenvalue weighted by atomic mass is 9.61. The number of ether oxygens (including phenoxy) is 2. The van der Waals surface area contributed by atoms with Crippen molar-refractivity contribution < 1.29 is 19.1 Å². The van der Waals surface area contributed by atoms with Gasteiger partial charge in [0.05, 0.1) is 10.8 Å². The van der Waals surface area contributed by atoms with Gasteiger partial charge in [0, 0.05) is 0 Å². The molecular formula is C35H42O4. The lowest BCUT2D eigenvalue weighted by molar-refractivity contribution is -0.155. The lowest BCUT2D eigenvalue weighted by Crippen LogP contribution is -2.44. The van der Waals surface area contributed by atoms with Gasteiger partial charge in [-0.15, -0.1) is 0 Å². The van der Waals surface area contributed by atoms with Gasteiger partial charge in [-0.1, -0.05) is 107 Å². The lowest BCUT2D eigenvalue weighted by Gasteiger charge is -2.43. The van der Waals surface area contributed by atoms with Crippen LogP contribution >= 0.6 is 0 Å². The van der Waals surface area contributed by atoms with Gasteiger partial charge in [-0.05, 0) is 72.3 Å². The minimum atomic E-state index is -0.734. The Hall–Kier alpha value is -3.40. The number of hydrogen-bond donors (Lipinski definition) is 0. The molecule has 4 heteroatoms. The Balaban J connectivity index is 1.46. The molecule has 0 heterocycles. The summed E-state index contributed by atoms with van der Waals surface area (Å²) in [7, 11) is 0. The second kappa shape index (κ2) is 10.6. The van der Waals surface area contributed by atoms with Crippen LogP contribution in [-0.4, -0.2) is 11.9 Å². The maximum absolute atomic E-state index is 13.7. The molecule has 206 valence electrons. The van der Waals surface area contributed by atoms with Gasteiger partial charge in [0.15, 0.2) is 0 Å². The van der Waals surface area contributed by atoms with Crippen molar-refractivity contribution in [3.63, 3.8) is 0 Å². The van der Waals surface area contributed by atoms with E-state index in [1.165, 1.54) is 0 Å². The van der Waals surface area contributed by atoms with Crippen LogP contribution < -0.4 is 4.74 Å². The van der Waals surface area contributed by atoms with E-state index in [0.29, 0.717) is 12.2 Å². The average Bonchev–Trinajstić information content (AvgIpc) is 3.52. The van der Waals surface area contributed by atoms with Crippen LogP contribution in [0.25, 0.3) is 11.1 Å². The quantitative estimate of drug-likeness (QED) is 0.196. The highest BCUT2D eigenvalue weighted by molar-refractivity contribution is 5.82. The molecule has 0 aliphatic heterocycles. The van der Waals surface area contributed by atoms with E-state index in [0.717, 1.165) is 23.1 Å². The van der Waals surface area contributed by atoms with Crippen LogP contribution in [0.4, 0.5) is 0 Å². The molecule has 0 saturated heterocycles. The summed E-state index contributed by atoms with van der Waals surface area (Å²) in [6.45, 7) is 14.9. The monoisotopic (exact) mass is 526 g/mol. The Morgan fingerprint density at radius 3 is 1.92 bits per heavy atom. The smallest absolute Gasteiger partial charge is 0.317 e. The maximum atomic E-state index is 13.7. The number of carbonyl (C=O) groups is 2. The van der Waals surface area contributed by atoms with Gasteiger partial charge in [-0.2, -0.15) is 0 Å². The highest BCUT2D eigenvalue weighted by Crippen LogP contribution is 2.74. The molecule has 1 saturated carbocycles. The zero-order valence-corrected chi connectivity index (χ0v) is 24.4. The van der Waals surface area contributed by atoms with Gasteiger partial charge in [-0.25, -0.2) is 0 Å². The van der Waals surface area contributed by atoms with Crippen molar-refractivity contribution in [3.8, 4) is 16.9 Å². The summed E-state index contributed by atoms with van der Waals surface area (Å²) in [6, 6.07) is 27.5. The van der Waals surface area contributed by atoms with Crippen molar-refractivity contribution in [1.82, 2.24) is 0 Å². The molecule has 4 rings (SSSR count). The van der Waals surface area contributed by atoms with Gasteiger partial charge in [0.25, 0.3) is 0 Å². The van der Waals surface area contributed by atoms with Crippen LogP contribution in [0, 0.1) is 27.6 Å². The van der Waals surface area contributed by atoms with Gasteiger partial charge >= 0.3 is 11.9 Å². The molecule has 1 fully saturated rings. The number of carbonyl (C=O) groups excluding carboxylic acids is 2. The first-order valence-corrected chi connectivity index (χ1v) is 13.9. The summed E-state index contributed by atoms with van der Waals surface area (Å²) in [4.78, 5) is 26.9. The summed E-state index contributed by atoms with van der Waals surface area (Å²) in [5.74, 6) is 0.174. The van der Waals surface area contributed by atoms with Crippen molar-refractivity contribution in [1.29, 1.82) is 0 Å². The molecule has 1 aliphatic carbocycles. The Labute approximate surface area is 233 Å². The van der Waals surface area contributed by atoms with Gasteiger partial charge in [-0.3, -0.25) is 9.59 Å². The molecule has 0 spiro atoms. The van der Waals surface area contributed by atoms with Gasteiger partial charge < -0.3 is 9.47 Å². The van der Waals surface area contributed by atoms with Crippen LogP contribution in [0.1, 0.15) is 66.9 Å². The molecule has 0 radical (unpaired) electrons. The Kier molecular flexibility index (Phi) is 7.80. The van der Waals surface area contributed by atoms with E-state index in [2.05, 4.69) is 46.8 Å². The van der Waals surface area contributed by atoms with Crippen LogP contribution in [0.15, 0.2) is 84.9 Å². The molecule has 3 atom stereocenters. The van der Waals surface area contributed by atoms with Crippen molar-refractivity contribution >= 4 is 11.9 Å². The van der Waals surface area contributed by atoms with E-state index < -0.39 is 10.8 Å². The van der Waals surface area contributed by atoms with Crippen LogP contribution in [0.5, 0.6) is 5.75 Å². The summed E-state index contributed by atoms with van der Waals surface area (Å²) < 4.78 is 11.7. The first-order chi connectivity index (χ1) is 18.3. The summed E-state index contributed by atoms with van der Waals surface area (Å²) in [5, 5.41) is 0. The highest BCUT2D eigenvalue weighted by Gasteiger charge is 2.73. The minimum absolute atomic E-state index is 0.0477. The number of hydrogen-bond acceptors (Lipinski definition) is 4. The van der Waals surface area contributed by atoms with Crippen molar-refractivity contribution in [2.24, 2.45) is 27.6 Å². The molecule has 3 unspecified atom stereocenters. The standard InChI is InChI=1S/C35H42O4/c1-25(2)33(5,30(36)39-29-20-18-28(19-21-29)27-16-12-9-13-17-27)23-32(3,4)35(7)24-34(35,6)31(37)38-22-26-14-10-8-11-15-26/h8-21,25H,22-24H2,1-7H3. The van der Waals surface area contributed by atoms with E-state index in [1.807, 2.05) is 86.6 Å². The third kappa shape index (κ3) is 5.52. The molecule has 0 aromatic heterocycles. The highest BCUT2D eigenvalue weighted by atomic mass is 16.5. The largest absolute Gasteiger partial charge is 0.460 e. The van der Waals surface area contributed by atoms with Gasteiger partial charge in [0.1, 0.15) is 12.4 Å². The zero-order valence-electron chi connectivity index (χ0n) is 24.4. The fourth-order valence-electron chi connectivity index (χ4n) is 6.02. The van der Waals surface area contributed by atoms with Crippen molar-refractivity contribution in [3.05, 3.63) is 90.5 Å². The molecule has 1 aliphatic rings. The normalized spacial score (nSPS) is 22.2. The predicted molar refractivity (Wildman–Crippen MR) is 156 cm³/mol. The molecular weight excluding hydrogens is 484 g/mol.